The van der Waals surface area contributed by atoms with E-state index < -0.39 is 5.66 Å². The van der Waals surface area contributed by atoms with Crippen LogP contribution in [0.3, 0.4) is 0 Å². The number of thiophene rings is 1. The lowest BCUT2D eigenvalue weighted by atomic mass is 9.84. The number of carbonyl (C=O) groups is 1. The molecule has 0 bridgehead atoms. The van der Waals surface area contributed by atoms with Crippen molar-refractivity contribution >= 4 is 38.9 Å². The number of carbonyl (C=O) groups excluding carboxylic acids is 1. The van der Waals surface area contributed by atoms with Crippen molar-refractivity contribution in [1.29, 1.82) is 0 Å². The van der Waals surface area contributed by atoms with Gasteiger partial charge in [-0.25, -0.2) is 0 Å². The van der Waals surface area contributed by atoms with Crippen molar-refractivity contribution in [3.8, 4) is 0 Å². The van der Waals surface area contributed by atoms with E-state index in [4.69, 9.17) is 4.74 Å². The molecule has 3 aliphatic rings. The van der Waals surface area contributed by atoms with Crippen molar-refractivity contribution in [3.63, 3.8) is 0 Å². The molecule has 3 aliphatic heterocycles. The Morgan fingerprint density at radius 3 is 2.74 bits per heavy atom. The van der Waals surface area contributed by atoms with Crippen LogP contribution in [0.15, 0.2) is 40.2 Å². The molecule has 0 aliphatic carbocycles. The molecule has 1 aromatic heterocycles. The zero-order valence-electron chi connectivity index (χ0n) is 15.0. The summed E-state index contributed by atoms with van der Waals surface area (Å²) in [5, 5.41) is 6.74. The molecule has 27 heavy (non-hydrogen) atoms. The van der Waals surface area contributed by atoms with Crippen molar-refractivity contribution in [2.45, 2.75) is 37.1 Å². The predicted molar refractivity (Wildman–Crippen MR) is 110 cm³/mol. The fourth-order valence-electron chi connectivity index (χ4n) is 4.55. The molecule has 2 spiro atoms. The van der Waals surface area contributed by atoms with Crippen molar-refractivity contribution in [2.24, 2.45) is 0 Å². The number of hydrogen-bond acceptors (Lipinski definition) is 5. The molecule has 1 atom stereocenters. The lowest BCUT2D eigenvalue weighted by molar-refractivity contribution is -0.0451. The maximum Gasteiger partial charge on any atom is 0.255 e. The van der Waals surface area contributed by atoms with Gasteiger partial charge in [0.2, 0.25) is 0 Å². The number of halogens is 1. The smallest absolute Gasteiger partial charge is 0.255 e. The molecule has 7 heteroatoms. The number of ether oxygens (including phenoxy) is 1. The summed E-state index contributed by atoms with van der Waals surface area (Å²) < 4.78 is 7.52. The molecule has 5 nitrogen and oxygen atoms in total. The first-order valence-electron chi connectivity index (χ1n) is 9.35. The van der Waals surface area contributed by atoms with Crippen molar-refractivity contribution in [3.05, 3.63) is 50.6 Å². The summed E-state index contributed by atoms with van der Waals surface area (Å²) in [6.07, 6.45) is 2.82. The van der Waals surface area contributed by atoms with Crippen LogP contribution in [0.25, 0.3) is 0 Å². The number of hydrogen-bond donors (Lipinski definition) is 2. The minimum absolute atomic E-state index is 0.00860. The van der Waals surface area contributed by atoms with E-state index in [1.165, 1.54) is 8.66 Å². The van der Waals surface area contributed by atoms with Gasteiger partial charge in [-0.15, -0.1) is 11.3 Å². The van der Waals surface area contributed by atoms with E-state index in [-0.39, 0.29) is 11.5 Å². The normalized spacial score (nSPS) is 26.8. The van der Waals surface area contributed by atoms with Crippen LogP contribution in [0.4, 0.5) is 5.69 Å². The quantitative estimate of drug-likeness (QED) is 0.734. The Balaban J connectivity index is 1.26. The van der Waals surface area contributed by atoms with E-state index in [0.717, 1.165) is 44.6 Å². The molecule has 0 radical (unpaired) electrons. The molecule has 1 amide bonds. The molecular weight excluding hydrogens is 426 g/mol. The van der Waals surface area contributed by atoms with Gasteiger partial charge in [0, 0.05) is 36.6 Å². The molecule has 4 heterocycles. The van der Waals surface area contributed by atoms with Gasteiger partial charge in [0.15, 0.2) is 0 Å². The third-order valence-corrected chi connectivity index (χ3v) is 7.53. The number of fused-ring (bicyclic) bond motifs is 1. The van der Waals surface area contributed by atoms with Crippen LogP contribution in [0.5, 0.6) is 0 Å². The van der Waals surface area contributed by atoms with Gasteiger partial charge in [0.05, 0.1) is 21.6 Å². The van der Waals surface area contributed by atoms with E-state index in [1.54, 1.807) is 11.3 Å². The van der Waals surface area contributed by atoms with Crippen LogP contribution in [0.1, 0.15) is 34.5 Å². The van der Waals surface area contributed by atoms with E-state index in [9.17, 15) is 4.79 Å². The summed E-state index contributed by atoms with van der Waals surface area (Å²) in [5.41, 5.74) is 0.995. The number of nitrogens with zero attached hydrogens (tertiary/aromatic N) is 1. The minimum Gasteiger partial charge on any atom is -0.370 e. The molecule has 5 rings (SSSR count). The van der Waals surface area contributed by atoms with Crippen LogP contribution in [0.2, 0.25) is 0 Å². The maximum absolute atomic E-state index is 12.6. The number of amides is 1. The summed E-state index contributed by atoms with van der Waals surface area (Å²) in [7, 11) is 0. The third-order valence-electron chi connectivity index (χ3n) is 5.92. The largest absolute Gasteiger partial charge is 0.370 e. The number of likely N-dealkylation sites (tertiary alicyclic amines) is 1. The van der Waals surface area contributed by atoms with E-state index in [1.807, 2.05) is 24.3 Å². The summed E-state index contributed by atoms with van der Waals surface area (Å²) in [6.45, 7) is 3.57. The molecule has 1 unspecified atom stereocenters. The Morgan fingerprint density at radius 2 is 1.96 bits per heavy atom. The van der Waals surface area contributed by atoms with Crippen molar-refractivity contribution < 1.29 is 9.53 Å². The molecular formula is C20H22BrN3O2S. The third kappa shape index (κ3) is 3.31. The zero-order valence-corrected chi connectivity index (χ0v) is 17.4. The van der Waals surface area contributed by atoms with Gasteiger partial charge >= 0.3 is 0 Å². The highest BCUT2D eigenvalue weighted by Crippen LogP contribution is 2.43. The lowest BCUT2D eigenvalue weighted by Crippen LogP contribution is -2.59. The molecule has 2 saturated heterocycles. The van der Waals surface area contributed by atoms with Crippen molar-refractivity contribution in [1.82, 2.24) is 10.2 Å². The summed E-state index contributed by atoms with van der Waals surface area (Å²) >= 11 is 5.34. The Labute approximate surface area is 171 Å². The van der Waals surface area contributed by atoms with Gasteiger partial charge in [-0.1, -0.05) is 12.1 Å². The SMILES string of the molecule is O=C1NC2(COC3(CCN(Cc4ccc(Br)s4)CC3)C2)Nc2ccccc21. The van der Waals surface area contributed by atoms with Gasteiger partial charge in [-0.3, -0.25) is 9.69 Å². The topological polar surface area (TPSA) is 53.6 Å². The van der Waals surface area contributed by atoms with Crippen LogP contribution in [-0.2, 0) is 11.3 Å². The number of piperidine rings is 1. The average Bonchev–Trinajstić information content (AvgIpc) is 3.21. The second kappa shape index (κ2) is 6.58. The number of rotatable bonds is 2. The first-order chi connectivity index (χ1) is 13.0. The summed E-state index contributed by atoms with van der Waals surface area (Å²) in [4.78, 5) is 16.4. The van der Waals surface area contributed by atoms with Gasteiger partial charge in [0.25, 0.3) is 5.91 Å². The highest BCUT2D eigenvalue weighted by atomic mass is 79.9. The van der Waals surface area contributed by atoms with Crippen LogP contribution < -0.4 is 10.6 Å². The van der Waals surface area contributed by atoms with Crippen LogP contribution in [0, 0.1) is 0 Å². The zero-order chi connectivity index (χ0) is 18.5. The molecule has 2 aromatic rings. The highest BCUT2D eigenvalue weighted by molar-refractivity contribution is 9.11. The van der Waals surface area contributed by atoms with E-state index >= 15 is 0 Å². The fraction of sp³-hybridized carbons (Fsp3) is 0.450. The fourth-order valence-corrected chi connectivity index (χ4v) is 6.08. The first kappa shape index (κ1) is 17.7. The molecule has 142 valence electrons. The van der Waals surface area contributed by atoms with Gasteiger partial charge in [-0.2, -0.15) is 0 Å². The second-order valence-corrected chi connectivity index (χ2v) is 10.4. The summed E-state index contributed by atoms with van der Waals surface area (Å²) in [5.74, 6) is -0.00860. The Morgan fingerprint density at radius 1 is 1.15 bits per heavy atom. The number of nitrogens with one attached hydrogen (secondary N) is 2. The standard InChI is InChI=1S/C20H22BrN3O2S/c21-17-6-5-14(27-17)11-24-9-7-19(8-10-24)12-20(13-26-19)22-16-4-2-1-3-15(16)18(25)23-20/h1-6,22H,7-13H2,(H,23,25). The maximum atomic E-state index is 12.6. The average molecular weight is 448 g/mol. The minimum atomic E-state index is -0.480. The molecule has 1 aromatic carbocycles. The van der Waals surface area contributed by atoms with Gasteiger partial charge in [-0.05, 0) is 53.0 Å². The second-order valence-electron chi connectivity index (χ2n) is 7.84. The van der Waals surface area contributed by atoms with Crippen molar-refractivity contribution in [2.75, 3.05) is 25.0 Å². The molecule has 2 N–H and O–H groups in total. The Hall–Kier alpha value is -1.41. The van der Waals surface area contributed by atoms with Crippen LogP contribution >= 0.6 is 27.3 Å². The Kier molecular flexibility index (Phi) is 4.31. The molecule has 0 saturated carbocycles. The van der Waals surface area contributed by atoms with E-state index in [0.29, 0.717) is 12.2 Å². The van der Waals surface area contributed by atoms with Crippen LogP contribution in [-0.4, -0.2) is 41.8 Å². The Bertz CT molecular complexity index is 878. The highest BCUT2D eigenvalue weighted by Gasteiger charge is 2.53. The number of para-hydroxylation sites is 1. The predicted octanol–water partition coefficient (Wildman–Crippen LogP) is 3.82. The first-order valence-corrected chi connectivity index (χ1v) is 11.0. The van der Waals surface area contributed by atoms with E-state index in [2.05, 4.69) is 43.6 Å². The summed E-state index contributed by atoms with van der Waals surface area (Å²) in [6, 6.07) is 12.0. The van der Waals surface area contributed by atoms with Gasteiger partial charge < -0.3 is 15.4 Å². The van der Waals surface area contributed by atoms with Gasteiger partial charge in [0.1, 0.15) is 5.66 Å². The lowest BCUT2D eigenvalue weighted by Gasteiger charge is -2.41. The molecule has 2 fully saturated rings. The number of benzene rings is 1. The monoisotopic (exact) mass is 447 g/mol. The number of anilines is 1.